The van der Waals surface area contributed by atoms with Crippen molar-refractivity contribution in [2.24, 2.45) is 0 Å². The van der Waals surface area contributed by atoms with Gasteiger partial charge < -0.3 is 4.74 Å². The molecule has 0 saturated heterocycles. The van der Waals surface area contributed by atoms with Crippen LogP contribution < -0.4 is 4.74 Å². The Bertz CT molecular complexity index is 2880. The van der Waals surface area contributed by atoms with Crippen LogP contribution in [0.25, 0.3) is 67.3 Å². The maximum absolute atomic E-state index is 6.62. The molecule has 11 rings (SSSR count). The number of rotatable bonds is 5. The van der Waals surface area contributed by atoms with Crippen LogP contribution in [-0.4, -0.2) is 15.2 Å². The topological polar surface area (TPSA) is 47.9 Å². The van der Waals surface area contributed by atoms with Gasteiger partial charge in [-0.2, -0.15) is 0 Å². The van der Waals surface area contributed by atoms with Gasteiger partial charge in [0, 0.05) is 38.9 Å². The number of para-hydroxylation sites is 1. The molecule has 0 atom stereocenters. The van der Waals surface area contributed by atoms with Crippen LogP contribution >= 0.6 is 0 Å². The minimum Gasteiger partial charge on any atom is -0.457 e. The lowest BCUT2D eigenvalue weighted by Crippen LogP contribution is -2.32. The molecule has 1 spiro atoms. The summed E-state index contributed by atoms with van der Waals surface area (Å²) in [5.74, 6) is 1.73. The number of fused-ring (bicyclic) bond motifs is 9. The molecule has 4 nitrogen and oxygen atoms in total. The van der Waals surface area contributed by atoms with Gasteiger partial charge >= 0.3 is 0 Å². The Labute approximate surface area is 325 Å². The molecule has 2 aliphatic rings. The fraction of sp³-hybridized carbons (Fsp3) is 0.0192. The Morgan fingerprint density at radius 3 is 1.50 bits per heavy atom. The summed E-state index contributed by atoms with van der Waals surface area (Å²) in [5.41, 5.74) is 16.6. The second kappa shape index (κ2) is 12.9. The monoisotopic (exact) mass is 715 g/mol. The molecular weight excluding hydrogens is 683 g/mol. The third-order valence-electron chi connectivity index (χ3n) is 11.3. The van der Waals surface area contributed by atoms with Crippen LogP contribution in [-0.2, 0) is 5.41 Å². The van der Waals surface area contributed by atoms with Gasteiger partial charge in [-0.15, -0.1) is 10.2 Å². The predicted octanol–water partition coefficient (Wildman–Crippen LogP) is 12.7. The van der Waals surface area contributed by atoms with Crippen molar-refractivity contribution < 1.29 is 4.74 Å². The van der Waals surface area contributed by atoms with Crippen molar-refractivity contribution in [2.45, 2.75) is 5.41 Å². The van der Waals surface area contributed by atoms with E-state index in [4.69, 9.17) is 19.9 Å². The second-order valence-corrected chi connectivity index (χ2v) is 14.4. The van der Waals surface area contributed by atoms with E-state index in [2.05, 4.69) is 170 Å². The summed E-state index contributed by atoms with van der Waals surface area (Å²) in [6.45, 7) is 0. The van der Waals surface area contributed by atoms with Gasteiger partial charge in [0.15, 0.2) is 0 Å². The van der Waals surface area contributed by atoms with E-state index in [1.807, 2.05) is 30.3 Å². The van der Waals surface area contributed by atoms with E-state index in [-0.39, 0.29) is 0 Å². The van der Waals surface area contributed by atoms with E-state index in [1.54, 1.807) is 0 Å². The summed E-state index contributed by atoms with van der Waals surface area (Å²) in [6.07, 6.45) is 0. The summed E-state index contributed by atoms with van der Waals surface area (Å²) < 4.78 is 6.62. The Morgan fingerprint density at radius 2 is 0.821 bits per heavy atom. The van der Waals surface area contributed by atoms with Gasteiger partial charge in [0.25, 0.3) is 0 Å². The zero-order valence-corrected chi connectivity index (χ0v) is 30.3. The fourth-order valence-electron chi connectivity index (χ4n) is 8.75. The molecule has 0 saturated carbocycles. The van der Waals surface area contributed by atoms with Crippen molar-refractivity contribution in [3.8, 4) is 78.8 Å². The lowest BCUT2D eigenvalue weighted by atomic mass is 9.66. The fourth-order valence-corrected chi connectivity index (χ4v) is 8.75. The third kappa shape index (κ3) is 4.96. The molecule has 0 N–H and O–H groups in total. The number of hydrogen-bond acceptors (Lipinski definition) is 4. The molecule has 2 aromatic heterocycles. The van der Waals surface area contributed by atoms with Crippen LogP contribution in [0.1, 0.15) is 22.3 Å². The average molecular weight is 716 g/mol. The Hall–Kier alpha value is -7.43. The summed E-state index contributed by atoms with van der Waals surface area (Å²) in [7, 11) is 0. The average Bonchev–Trinajstić information content (AvgIpc) is 3.57. The minimum atomic E-state index is -0.528. The highest BCUT2D eigenvalue weighted by Gasteiger charge is 2.51. The maximum atomic E-state index is 6.62. The molecule has 0 fully saturated rings. The van der Waals surface area contributed by atoms with Gasteiger partial charge in [-0.25, -0.2) is 4.98 Å². The van der Waals surface area contributed by atoms with Gasteiger partial charge in [0.1, 0.15) is 11.5 Å². The van der Waals surface area contributed by atoms with Crippen molar-refractivity contribution >= 4 is 0 Å². The third-order valence-corrected chi connectivity index (χ3v) is 11.3. The van der Waals surface area contributed by atoms with E-state index in [1.165, 1.54) is 22.3 Å². The van der Waals surface area contributed by atoms with Gasteiger partial charge in [0.2, 0.25) is 0 Å². The molecule has 0 bridgehead atoms. The zero-order valence-electron chi connectivity index (χ0n) is 30.3. The number of pyridine rings is 1. The maximum Gasteiger partial charge on any atom is 0.132 e. The molecule has 0 unspecified atom stereocenters. The molecule has 4 heteroatoms. The standard InChI is InChI=1S/C52H33N3O/c1-3-13-35(14-4-1)46-29-28-39(51(53-46)37-15-5-2-6-16-37)34-23-25-36(26-24-34)47-30-31-48(55-54-47)38-27-32-50-45(33-38)52(44-21-11-12-22-49(44)56-50)42-19-9-7-17-40(42)41-18-8-10-20-43(41)52/h1-33H. The highest BCUT2D eigenvalue weighted by atomic mass is 16.5. The van der Waals surface area contributed by atoms with Gasteiger partial charge in [-0.05, 0) is 70.3 Å². The van der Waals surface area contributed by atoms with Crippen molar-refractivity contribution in [1.29, 1.82) is 0 Å². The molecular formula is C52H33N3O. The molecule has 0 radical (unpaired) electrons. The zero-order chi connectivity index (χ0) is 37.1. The van der Waals surface area contributed by atoms with Crippen molar-refractivity contribution in [3.63, 3.8) is 0 Å². The first kappa shape index (κ1) is 32.0. The summed E-state index contributed by atoms with van der Waals surface area (Å²) in [6, 6.07) is 70.1. The normalized spacial score (nSPS) is 12.9. The molecule has 1 aliphatic heterocycles. The largest absolute Gasteiger partial charge is 0.457 e. The van der Waals surface area contributed by atoms with Crippen LogP contribution in [0.2, 0.25) is 0 Å². The first-order valence-corrected chi connectivity index (χ1v) is 18.9. The highest BCUT2D eigenvalue weighted by molar-refractivity contribution is 5.89. The van der Waals surface area contributed by atoms with Crippen molar-refractivity contribution in [2.75, 3.05) is 0 Å². The lowest BCUT2D eigenvalue weighted by Gasteiger charge is -2.39. The van der Waals surface area contributed by atoms with Crippen LogP contribution in [0.15, 0.2) is 200 Å². The molecule has 0 amide bonds. The van der Waals surface area contributed by atoms with E-state index in [0.29, 0.717) is 0 Å². The van der Waals surface area contributed by atoms with Crippen LogP contribution in [0.3, 0.4) is 0 Å². The molecule has 1 aliphatic carbocycles. The Kier molecular flexibility index (Phi) is 7.36. The van der Waals surface area contributed by atoms with Gasteiger partial charge in [0.05, 0.1) is 28.2 Å². The Balaban J connectivity index is 0.950. The summed E-state index contributed by atoms with van der Waals surface area (Å²) in [4.78, 5) is 5.16. The quantitative estimate of drug-likeness (QED) is 0.178. The molecule has 3 heterocycles. The molecule has 7 aromatic carbocycles. The van der Waals surface area contributed by atoms with Gasteiger partial charge in [-0.1, -0.05) is 158 Å². The number of benzene rings is 7. The van der Waals surface area contributed by atoms with Crippen molar-refractivity contribution in [3.05, 3.63) is 222 Å². The van der Waals surface area contributed by atoms with Gasteiger partial charge in [-0.3, -0.25) is 0 Å². The molecule has 56 heavy (non-hydrogen) atoms. The van der Waals surface area contributed by atoms with Crippen molar-refractivity contribution in [1.82, 2.24) is 15.2 Å². The minimum absolute atomic E-state index is 0.528. The Morgan fingerprint density at radius 1 is 0.321 bits per heavy atom. The van der Waals surface area contributed by atoms with Crippen LogP contribution in [0, 0.1) is 0 Å². The molecule has 9 aromatic rings. The number of nitrogens with zero attached hydrogens (tertiary/aromatic N) is 3. The smallest absolute Gasteiger partial charge is 0.132 e. The summed E-state index contributed by atoms with van der Waals surface area (Å²) >= 11 is 0. The number of hydrogen-bond donors (Lipinski definition) is 0. The first-order valence-electron chi connectivity index (χ1n) is 18.9. The van der Waals surface area contributed by atoms with E-state index >= 15 is 0 Å². The van der Waals surface area contributed by atoms with E-state index < -0.39 is 5.41 Å². The first-order chi connectivity index (χ1) is 27.8. The lowest BCUT2D eigenvalue weighted by molar-refractivity contribution is 0.436. The second-order valence-electron chi connectivity index (χ2n) is 14.4. The van der Waals surface area contributed by atoms with E-state index in [0.717, 1.165) is 78.8 Å². The SMILES string of the molecule is c1ccc(-c2ccc(-c3ccc(-c4ccc(-c5ccc6c(c5)C5(c7ccccc7O6)c6ccccc6-c6ccccc65)nn4)cc3)c(-c3ccccc3)n2)cc1. The van der Waals surface area contributed by atoms with Crippen LogP contribution in [0.5, 0.6) is 11.5 Å². The number of aromatic nitrogens is 3. The van der Waals surface area contributed by atoms with Crippen LogP contribution in [0.4, 0.5) is 0 Å². The number of ether oxygens (including phenoxy) is 1. The molecule has 262 valence electrons. The highest BCUT2D eigenvalue weighted by Crippen LogP contribution is 2.62. The summed E-state index contributed by atoms with van der Waals surface area (Å²) in [5, 5.41) is 9.55. The van der Waals surface area contributed by atoms with E-state index in [9.17, 15) is 0 Å². The predicted molar refractivity (Wildman–Crippen MR) is 224 cm³/mol.